The van der Waals surface area contributed by atoms with Crippen LogP contribution in [0.4, 0.5) is 0 Å². The van der Waals surface area contributed by atoms with Crippen molar-refractivity contribution in [3.8, 4) is 5.75 Å². The van der Waals surface area contributed by atoms with Crippen molar-refractivity contribution in [1.29, 1.82) is 0 Å². The Labute approximate surface area is 136 Å². The van der Waals surface area contributed by atoms with Crippen molar-refractivity contribution >= 4 is 16.9 Å². The monoisotopic (exact) mass is 316 g/mol. The number of hydrogen-bond acceptors (Lipinski definition) is 4. The summed E-state index contributed by atoms with van der Waals surface area (Å²) >= 11 is 0. The van der Waals surface area contributed by atoms with Gasteiger partial charge >= 0.3 is 0 Å². The minimum atomic E-state index is -0.0653. The molecule has 1 amide bonds. The molecule has 0 saturated carbocycles. The van der Waals surface area contributed by atoms with Crippen molar-refractivity contribution < 1.29 is 13.9 Å². The van der Waals surface area contributed by atoms with Gasteiger partial charge in [-0.15, -0.1) is 0 Å². The zero-order valence-corrected chi connectivity index (χ0v) is 14.0. The van der Waals surface area contributed by atoms with Gasteiger partial charge in [0.15, 0.2) is 0 Å². The van der Waals surface area contributed by atoms with E-state index in [1.807, 2.05) is 32.0 Å². The number of nitrogens with one attached hydrogen (secondary N) is 1. The van der Waals surface area contributed by atoms with Crippen LogP contribution >= 0.6 is 0 Å². The summed E-state index contributed by atoms with van der Waals surface area (Å²) < 4.78 is 11.2. The van der Waals surface area contributed by atoms with Crippen molar-refractivity contribution in [3.05, 3.63) is 29.5 Å². The Morgan fingerprint density at radius 1 is 1.48 bits per heavy atom. The lowest BCUT2D eigenvalue weighted by molar-refractivity contribution is 0.0947. The summed E-state index contributed by atoms with van der Waals surface area (Å²) in [7, 11) is 2.12. The summed E-state index contributed by atoms with van der Waals surface area (Å²) in [5.41, 5.74) is 1.34. The third-order valence-corrected chi connectivity index (χ3v) is 4.41. The van der Waals surface area contributed by atoms with E-state index >= 15 is 0 Å². The first-order chi connectivity index (χ1) is 11.1. The van der Waals surface area contributed by atoms with Gasteiger partial charge in [-0.1, -0.05) is 0 Å². The normalized spacial score (nSPS) is 18.5. The van der Waals surface area contributed by atoms with E-state index in [1.165, 1.54) is 0 Å². The molecule has 0 bridgehead atoms. The molecule has 124 valence electrons. The summed E-state index contributed by atoms with van der Waals surface area (Å²) in [6, 6.07) is 5.61. The second-order valence-electron chi connectivity index (χ2n) is 6.25. The Morgan fingerprint density at radius 2 is 2.30 bits per heavy atom. The lowest BCUT2D eigenvalue weighted by Crippen LogP contribution is -2.30. The maximum Gasteiger partial charge on any atom is 0.255 e. The Morgan fingerprint density at radius 3 is 3.00 bits per heavy atom. The fourth-order valence-corrected chi connectivity index (χ4v) is 3.26. The van der Waals surface area contributed by atoms with Gasteiger partial charge in [0.25, 0.3) is 5.91 Å². The molecule has 1 aromatic carbocycles. The van der Waals surface area contributed by atoms with E-state index in [1.54, 1.807) is 0 Å². The van der Waals surface area contributed by atoms with E-state index in [9.17, 15) is 4.79 Å². The minimum Gasteiger partial charge on any atom is -0.494 e. The van der Waals surface area contributed by atoms with Gasteiger partial charge < -0.3 is 19.4 Å². The quantitative estimate of drug-likeness (QED) is 0.921. The van der Waals surface area contributed by atoms with Gasteiger partial charge in [0.2, 0.25) is 0 Å². The second-order valence-corrected chi connectivity index (χ2v) is 6.25. The maximum absolute atomic E-state index is 12.6. The molecule has 2 heterocycles. The molecule has 0 spiro atoms. The van der Waals surface area contributed by atoms with Crippen LogP contribution in [0, 0.1) is 12.8 Å². The van der Waals surface area contributed by atoms with Crippen LogP contribution in [0.15, 0.2) is 22.6 Å². The van der Waals surface area contributed by atoms with E-state index in [0.29, 0.717) is 30.4 Å². The van der Waals surface area contributed by atoms with Crippen molar-refractivity contribution in [2.45, 2.75) is 20.3 Å². The highest BCUT2D eigenvalue weighted by Gasteiger charge is 2.22. The SMILES string of the molecule is CCOc1ccc2oc(C)c(C(=O)NCC3CCN(C)C3)c2c1. The average molecular weight is 316 g/mol. The molecule has 5 nitrogen and oxygen atoms in total. The molecule has 1 atom stereocenters. The Balaban J connectivity index is 1.78. The van der Waals surface area contributed by atoms with Gasteiger partial charge in [-0.25, -0.2) is 0 Å². The fraction of sp³-hybridized carbons (Fsp3) is 0.500. The first-order valence-corrected chi connectivity index (χ1v) is 8.21. The number of fused-ring (bicyclic) bond motifs is 1. The molecule has 1 aliphatic rings. The number of rotatable bonds is 5. The van der Waals surface area contributed by atoms with Crippen LogP contribution in [-0.2, 0) is 0 Å². The van der Waals surface area contributed by atoms with E-state index in [0.717, 1.165) is 36.2 Å². The molecule has 1 fully saturated rings. The molecule has 0 radical (unpaired) electrons. The van der Waals surface area contributed by atoms with Crippen LogP contribution in [0.25, 0.3) is 11.0 Å². The van der Waals surface area contributed by atoms with Crippen molar-refractivity contribution in [2.24, 2.45) is 5.92 Å². The molecular weight excluding hydrogens is 292 g/mol. The summed E-state index contributed by atoms with van der Waals surface area (Å²) in [5, 5.41) is 3.88. The van der Waals surface area contributed by atoms with Gasteiger partial charge in [0, 0.05) is 18.5 Å². The smallest absolute Gasteiger partial charge is 0.255 e. The first-order valence-electron chi connectivity index (χ1n) is 8.21. The van der Waals surface area contributed by atoms with Crippen LogP contribution in [0.2, 0.25) is 0 Å². The molecule has 1 aromatic heterocycles. The number of benzene rings is 1. The Hall–Kier alpha value is -2.01. The number of carbonyl (C=O) groups excluding carboxylic acids is 1. The van der Waals surface area contributed by atoms with Crippen LogP contribution in [-0.4, -0.2) is 44.1 Å². The highest BCUT2D eigenvalue weighted by Crippen LogP contribution is 2.29. The zero-order valence-electron chi connectivity index (χ0n) is 14.0. The lowest BCUT2D eigenvalue weighted by Gasteiger charge is -2.11. The van der Waals surface area contributed by atoms with Gasteiger partial charge in [0.05, 0.1) is 12.2 Å². The largest absolute Gasteiger partial charge is 0.494 e. The number of carbonyl (C=O) groups is 1. The molecule has 1 aliphatic heterocycles. The number of likely N-dealkylation sites (tertiary alicyclic amines) is 1. The predicted octanol–water partition coefficient (Wildman–Crippen LogP) is 2.82. The van der Waals surface area contributed by atoms with Crippen LogP contribution < -0.4 is 10.1 Å². The van der Waals surface area contributed by atoms with Crippen molar-refractivity contribution in [2.75, 3.05) is 33.3 Å². The van der Waals surface area contributed by atoms with E-state index in [4.69, 9.17) is 9.15 Å². The van der Waals surface area contributed by atoms with Gasteiger partial charge in [-0.05, 0) is 58.0 Å². The van der Waals surface area contributed by atoms with Crippen molar-refractivity contribution in [3.63, 3.8) is 0 Å². The van der Waals surface area contributed by atoms with E-state index in [-0.39, 0.29) is 5.91 Å². The Bertz CT molecular complexity index is 708. The molecule has 1 saturated heterocycles. The first kappa shape index (κ1) is 15.9. The molecule has 1 unspecified atom stereocenters. The highest BCUT2D eigenvalue weighted by atomic mass is 16.5. The average Bonchev–Trinajstić information content (AvgIpc) is 3.07. The molecule has 2 aromatic rings. The van der Waals surface area contributed by atoms with Gasteiger partial charge in [-0.3, -0.25) is 4.79 Å². The third-order valence-electron chi connectivity index (χ3n) is 4.41. The summed E-state index contributed by atoms with van der Waals surface area (Å²) in [6.07, 6.45) is 1.14. The third kappa shape index (κ3) is 3.34. The van der Waals surface area contributed by atoms with Crippen molar-refractivity contribution in [1.82, 2.24) is 10.2 Å². The number of aryl methyl sites for hydroxylation is 1. The number of amides is 1. The second kappa shape index (κ2) is 6.62. The van der Waals surface area contributed by atoms with Crippen LogP contribution in [0.1, 0.15) is 29.5 Å². The van der Waals surface area contributed by atoms with E-state index < -0.39 is 0 Å². The van der Waals surface area contributed by atoms with Crippen LogP contribution in [0.5, 0.6) is 5.75 Å². The van der Waals surface area contributed by atoms with Gasteiger partial charge in [0.1, 0.15) is 17.1 Å². The molecule has 1 N–H and O–H groups in total. The van der Waals surface area contributed by atoms with Crippen LogP contribution in [0.3, 0.4) is 0 Å². The Kier molecular flexibility index (Phi) is 4.57. The molecule has 5 heteroatoms. The molecular formula is C18H24N2O3. The molecule has 23 heavy (non-hydrogen) atoms. The standard InChI is InChI=1S/C18H24N2O3/c1-4-22-14-5-6-16-15(9-14)17(12(2)23-16)18(21)19-10-13-7-8-20(3)11-13/h5-6,9,13H,4,7-8,10-11H2,1-3H3,(H,19,21). The number of furan rings is 1. The lowest BCUT2D eigenvalue weighted by atomic mass is 10.1. The maximum atomic E-state index is 12.6. The van der Waals surface area contributed by atoms with Gasteiger partial charge in [-0.2, -0.15) is 0 Å². The zero-order chi connectivity index (χ0) is 16.4. The number of nitrogens with zero attached hydrogens (tertiary/aromatic N) is 1. The molecule has 0 aliphatic carbocycles. The summed E-state index contributed by atoms with van der Waals surface area (Å²) in [5.74, 6) is 1.87. The predicted molar refractivity (Wildman–Crippen MR) is 90.1 cm³/mol. The summed E-state index contributed by atoms with van der Waals surface area (Å²) in [6.45, 7) is 7.22. The van der Waals surface area contributed by atoms with E-state index in [2.05, 4.69) is 17.3 Å². The highest BCUT2D eigenvalue weighted by molar-refractivity contribution is 6.07. The number of ether oxygens (including phenoxy) is 1. The topological polar surface area (TPSA) is 54.7 Å². The summed E-state index contributed by atoms with van der Waals surface area (Å²) in [4.78, 5) is 14.9. The minimum absolute atomic E-state index is 0.0653. The fourth-order valence-electron chi connectivity index (χ4n) is 3.26. The number of hydrogen-bond donors (Lipinski definition) is 1. The molecule has 3 rings (SSSR count).